The molecule has 4 heterocycles. The fraction of sp³-hybridized carbons (Fsp3) is 0.143. The van der Waals surface area contributed by atoms with E-state index < -0.39 is 17.6 Å². The summed E-state index contributed by atoms with van der Waals surface area (Å²) in [6.45, 7) is 0.718. The summed E-state index contributed by atoms with van der Waals surface area (Å²) < 4.78 is 40.9. The molecular weight excluding hydrogens is 427 g/mol. The average molecular weight is 441 g/mol. The van der Waals surface area contributed by atoms with E-state index in [4.69, 9.17) is 0 Å². The fourth-order valence-electron chi connectivity index (χ4n) is 3.45. The second-order valence-corrected chi connectivity index (χ2v) is 7.91. The van der Waals surface area contributed by atoms with E-state index in [1.54, 1.807) is 23.2 Å². The number of benzene rings is 1. The first-order chi connectivity index (χ1) is 14.9. The second kappa shape index (κ2) is 7.31. The van der Waals surface area contributed by atoms with Gasteiger partial charge in [-0.1, -0.05) is 18.2 Å². The topological polar surface area (TPSA) is 63.9 Å². The number of alkyl halides is 3. The average Bonchev–Trinajstić information content (AvgIpc) is 3.51. The summed E-state index contributed by atoms with van der Waals surface area (Å²) in [6.07, 6.45) is -2.82. The smallest absolute Gasteiger partial charge is 0.326 e. The summed E-state index contributed by atoms with van der Waals surface area (Å²) >= 11 is 1.36. The van der Waals surface area contributed by atoms with Gasteiger partial charge in [-0.25, -0.2) is 9.67 Å². The van der Waals surface area contributed by atoms with E-state index in [-0.39, 0.29) is 11.5 Å². The van der Waals surface area contributed by atoms with Crippen molar-refractivity contribution in [2.45, 2.75) is 19.3 Å². The third kappa shape index (κ3) is 3.59. The summed E-state index contributed by atoms with van der Waals surface area (Å²) in [5, 5.41) is 6.12. The Balaban J connectivity index is 1.55. The lowest BCUT2D eigenvalue weighted by molar-refractivity contribution is -0.137. The number of aromatic nitrogens is 4. The lowest BCUT2D eigenvalue weighted by Gasteiger charge is -2.12. The molecule has 0 fully saturated rings. The van der Waals surface area contributed by atoms with Crippen LogP contribution in [0.5, 0.6) is 0 Å². The highest BCUT2D eigenvalue weighted by molar-refractivity contribution is 7.13. The minimum absolute atomic E-state index is 0.0754. The maximum absolute atomic E-state index is 13.2. The van der Waals surface area contributed by atoms with Crippen LogP contribution in [0.2, 0.25) is 0 Å². The molecule has 0 radical (unpaired) electrons. The van der Waals surface area contributed by atoms with Gasteiger partial charge in [-0.05, 0) is 41.3 Å². The Morgan fingerprint density at radius 2 is 1.94 bits per heavy atom. The summed E-state index contributed by atoms with van der Waals surface area (Å²) in [4.78, 5) is 24.0. The maximum atomic E-state index is 13.2. The van der Waals surface area contributed by atoms with Crippen molar-refractivity contribution in [3.8, 4) is 16.4 Å². The molecule has 1 aliphatic rings. The third-order valence-corrected chi connectivity index (χ3v) is 5.80. The number of amides is 1. The van der Waals surface area contributed by atoms with Crippen molar-refractivity contribution in [1.82, 2.24) is 24.6 Å². The van der Waals surface area contributed by atoms with Gasteiger partial charge in [0, 0.05) is 12.7 Å². The number of thiophene rings is 1. The van der Waals surface area contributed by atoms with E-state index in [0.717, 1.165) is 23.4 Å². The maximum Gasteiger partial charge on any atom is 0.416 e. The molecule has 0 atom stereocenters. The van der Waals surface area contributed by atoms with E-state index >= 15 is 0 Å². The fourth-order valence-corrected chi connectivity index (χ4v) is 4.15. The molecule has 0 saturated heterocycles. The predicted molar refractivity (Wildman–Crippen MR) is 107 cm³/mol. The van der Waals surface area contributed by atoms with Gasteiger partial charge >= 0.3 is 6.18 Å². The first-order valence-electron chi connectivity index (χ1n) is 9.31. The largest absolute Gasteiger partial charge is 0.416 e. The van der Waals surface area contributed by atoms with Crippen LogP contribution < -0.4 is 0 Å². The Labute approximate surface area is 178 Å². The van der Waals surface area contributed by atoms with Crippen LogP contribution in [0.4, 0.5) is 13.2 Å². The number of fused-ring (bicyclic) bond motifs is 1. The van der Waals surface area contributed by atoms with Crippen LogP contribution in [-0.2, 0) is 19.3 Å². The molecule has 31 heavy (non-hydrogen) atoms. The number of pyridine rings is 1. The van der Waals surface area contributed by atoms with Crippen LogP contribution in [0.25, 0.3) is 16.4 Å². The lowest BCUT2D eigenvalue weighted by atomic mass is 10.2. The minimum atomic E-state index is -4.49. The summed E-state index contributed by atoms with van der Waals surface area (Å²) in [6, 6.07) is 12.1. The molecule has 6 nitrogen and oxygen atoms in total. The van der Waals surface area contributed by atoms with Crippen molar-refractivity contribution in [3.05, 3.63) is 82.8 Å². The van der Waals surface area contributed by atoms with Crippen LogP contribution in [0.15, 0.2) is 60.1 Å². The zero-order valence-corrected chi connectivity index (χ0v) is 16.7. The minimum Gasteiger partial charge on any atom is -0.326 e. The quantitative estimate of drug-likeness (QED) is 0.467. The third-order valence-electron chi connectivity index (χ3n) is 4.93. The van der Waals surface area contributed by atoms with Gasteiger partial charge in [-0.3, -0.25) is 9.78 Å². The summed E-state index contributed by atoms with van der Waals surface area (Å²) in [5.74, 6) is -0.164. The number of carbonyl (C=O) groups is 1. The molecule has 0 saturated carbocycles. The lowest BCUT2D eigenvalue weighted by Crippen LogP contribution is -2.26. The molecule has 1 aliphatic heterocycles. The molecule has 0 bridgehead atoms. The summed E-state index contributed by atoms with van der Waals surface area (Å²) in [5.41, 5.74) is 1.14. The normalized spacial score (nSPS) is 13.5. The molecule has 1 aromatic carbocycles. The molecule has 0 spiro atoms. The van der Waals surface area contributed by atoms with Crippen molar-refractivity contribution in [2.24, 2.45) is 0 Å². The van der Waals surface area contributed by atoms with Crippen molar-refractivity contribution < 1.29 is 18.0 Å². The molecular formula is C21H14F3N5OS. The van der Waals surface area contributed by atoms with Crippen molar-refractivity contribution >= 4 is 17.2 Å². The molecule has 156 valence electrons. The van der Waals surface area contributed by atoms with Crippen LogP contribution >= 0.6 is 11.3 Å². The van der Waals surface area contributed by atoms with Gasteiger partial charge in [0.15, 0.2) is 5.82 Å². The Morgan fingerprint density at radius 3 is 2.68 bits per heavy atom. The van der Waals surface area contributed by atoms with Crippen molar-refractivity contribution in [2.75, 3.05) is 0 Å². The van der Waals surface area contributed by atoms with E-state index in [0.29, 0.717) is 23.8 Å². The number of rotatable bonds is 3. The standard InChI is InChI=1S/C21H14F3N5OS/c22-21(23,24)14-5-1-6-15(10-14)29-19(17-7-3-9-31-17)26-18(27-29)20(30)28-11-13-4-2-8-25-16(13)12-28/h1-10H,11-12H2. The van der Waals surface area contributed by atoms with E-state index in [1.165, 1.54) is 28.2 Å². The van der Waals surface area contributed by atoms with Gasteiger partial charge in [-0.2, -0.15) is 13.2 Å². The SMILES string of the molecule is O=C(c1nc(-c2cccs2)n(-c2cccc(C(F)(F)F)c2)n1)N1Cc2cccnc2C1. The highest BCUT2D eigenvalue weighted by Crippen LogP contribution is 2.32. The zero-order chi connectivity index (χ0) is 21.6. The molecule has 0 unspecified atom stereocenters. The van der Waals surface area contributed by atoms with Crippen molar-refractivity contribution in [1.29, 1.82) is 0 Å². The Hall–Kier alpha value is -3.53. The first kappa shape index (κ1) is 19.4. The van der Waals surface area contributed by atoms with Gasteiger partial charge in [0.05, 0.1) is 28.4 Å². The number of halogens is 3. The molecule has 3 aromatic heterocycles. The van der Waals surface area contributed by atoms with Crippen LogP contribution in [0.1, 0.15) is 27.4 Å². The molecule has 1 amide bonds. The molecule has 0 N–H and O–H groups in total. The van der Waals surface area contributed by atoms with Gasteiger partial charge in [0.25, 0.3) is 5.91 Å². The number of hydrogen-bond acceptors (Lipinski definition) is 5. The molecule has 0 aliphatic carbocycles. The summed E-state index contributed by atoms with van der Waals surface area (Å²) in [7, 11) is 0. The Kier molecular flexibility index (Phi) is 4.58. The second-order valence-electron chi connectivity index (χ2n) is 6.97. The van der Waals surface area contributed by atoms with Gasteiger partial charge in [-0.15, -0.1) is 16.4 Å². The highest BCUT2D eigenvalue weighted by Gasteiger charge is 2.32. The first-order valence-corrected chi connectivity index (χ1v) is 10.2. The number of carbonyl (C=O) groups excluding carboxylic acids is 1. The molecule has 10 heteroatoms. The number of hydrogen-bond donors (Lipinski definition) is 0. The van der Waals surface area contributed by atoms with E-state index in [9.17, 15) is 18.0 Å². The highest BCUT2D eigenvalue weighted by atomic mass is 32.1. The van der Waals surface area contributed by atoms with Crippen LogP contribution in [0.3, 0.4) is 0 Å². The number of nitrogens with zero attached hydrogens (tertiary/aromatic N) is 5. The van der Waals surface area contributed by atoms with Crippen LogP contribution in [-0.4, -0.2) is 30.6 Å². The van der Waals surface area contributed by atoms with Gasteiger partial charge < -0.3 is 4.90 Å². The van der Waals surface area contributed by atoms with Crippen molar-refractivity contribution in [3.63, 3.8) is 0 Å². The molecule has 5 rings (SSSR count). The molecule has 4 aromatic rings. The monoisotopic (exact) mass is 441 g/mol. The Bertz CT molecular complexity index is 1240. The zero-order valence-electron chi connectivity index (χ0n) is 15.9. The van der Waals surface area contributed by atoms with E-state index in [2.05, 4.69) is 15.1 Å². The van der Waals surface area contributed by atoms with Crippen LogP contribution in [0, 0.1) is 0 Å². The van der Waals surface area contributed by atoms with Gasteiger partial charge in [0.2, 0.25) is 5.82 Å². The van der Waals surface area contributed by atoms with E-state index in [1.807, 2.05) is 17.5 Å². The predicted octanol–water partition coefficient (Wildman–Crippen LogP) is 4.57. The van der Waals surface area contributed by atoms with Gasteiger partial charge in [0.1, 0.15) is 0 Å². The Morgan fingerprint density at radius 1 is 1.06 bits per heavy atom.